The molecule has 0 radical (unpaired) electrons. The zero-order chi connectivity index (χ0) is 23.4. The van der Waals surface area contributed by atoms with Crippen LogP contribution in [0.3, 0.4) is 0 Å². The van der Waals surface area contributed by atoms with E-state index < -0.39 is 0 Å². The van der Waals surface area contributed by atoms with Crippen molar-refractivity contribution in [3.63, 3.8) is 0 Å². The number of fused-ring (bicyclic) bond motifs is 5. The maximum absolute atomic E-state index is 12.8. The number of carbonyl (C=O) groups is 1. The van der Waals surface area contributed by atoms with Crippen LogP contribution in [0.25, 0.3) is 0 Å². The summed E-state index contributed by atoms with van der Waals surface area (Å²) in [5.41, 5.74) is 2.32. The van der Waals surface area contributed by atoms with E-state index in [1.54, 1.807) is 10.6 Å². The van der Waals surface area contributed by atoms with Crippen LogP contribution in [0, 0.1) is 40.4 Å². The second kappa shape index (κ2) is 8.97. The summed E-state index contributed by atoms with van der Waals surface area (Å²) in [6.07, 6.45) is 15.9. The molecule has 2 unspecified atom stereocenters. The number of amides is 1. The highest BCUT2D eigenvalue weighted by Gasteiger charge is 2.59. The molecule has 5 rings (SSSR count). The molecule has 4 heteroatoms. The molecule has 3 saturated carbocycles. The summed E-state index contributed by atoms with van der Waals surface area (Å²) >= 11 is 0. The first kappa shape index (κ1) is 23.9. The Hall–Kier alpha value is -0.870. The fourth-order valence-electron chi connectivity index (χ4n) is 9.38. The molecule has 0 aromatic rings. The number of aliphatic hydroxyl groups is 1. The van der Waals surface area contributed by atoms with E-state index in [2.05, 4.69) is 33.8 Å². The van der Waals surface area contributed by atoms with E-state index in [1.165, 1.54) is 38.5 Å². The smallest absolute Gasteiger partial charge is 0.246 e. The number of allylic oxidation sites excluding steroid dienone is 1. The highest BCUT2D eigenvalue weighted by Crippen LogP contribution is 2.67. The predicted molar refractivity (Wildman–Crippen MR) is 131 cm³/mol. The Morgan fingerprint density at radius 2 is 2.00 bits per heavy atom. The predicted octanol–water partition coefficient (Wildman–Crippen LogP) is 6.29. The normalized spacial score (nSPS) is 46.1. The van der Waals surface area contributed by atoms with Crippen molar-refractivity contribution in [3.05, 3.63) is 11.6 Å². The molecule has 5 aliphatic rings. The van der Waals surface area contributed by atoms with Crippen LogP contribution in [0.15, 0.2) is 11.6 Å². The second-order valence-electron chi connectivity index (χ2n) is 12.9. The number of rotatable bonds is 4. The minimum Gasteiger partial charge on any atom is -0.393 e. The van der Waals surface area contributed by atoms with Gasteiger partial charge in [0.15, 0.2) is 0 Å². The monoisotopic (exact) mass is 457 g/mol. The minimum absolute atomic E-state index is 0.118. The lowest BCUT2D eigenvalue weighted by molar-refractivity contribution is -0.212. The van der Waals surface area contributed by atoms with Gasteiger partial charge in [0.1, 0.15) is 0 Å². The van der Waals surface area contributed by atoms with Gasteiger partial charge in [-0.15, -0.1) is 0 Å². The molecule has 4 nitrogen and oxygen atoms in total. The van der Waals surface area contributed by atoms with Crippen LogP contribution in [0.4, 0.5) is 0 Å². The molecule has 1 N–H and O–H groups in total. The summed E-state index contributed by atoms with van der Waals surface area (Å²) < 4.78 is 0. The number of hydroxylamine groups is 2. The fourth-order valence-corrected chi connectivity index (χ4v) is 9.38. The van der Waals surface area contributed by atoms with E-state index >= 15 is 0 Å². The summed E-state index contributed by atoms with van der Waals surface area (Å²) in [7, 11) is 0. The van der Waals surface area contributed by atoms with Crippen molar-refractivity contribution in [2.24, 2.45) is 40.4 Å². The van der Waals surface area contributed by atoms with Gasteiger partial charge >= 0.3 is 0 Å². The van der Waals surface area contributed by atoms with Gasteiger partial charge in [0.25, 0.3) is 0 Å². The first-order valence-corrected chi connectivity index (χ1v) is 14.1. The quantitative estimate of drug-likeness (QED) is 0.505. The molecule has 1 amide bonds. The Morgan fingerprint density at radius 3 is 2.79 bits per heavy atom. The van der Waals surface area contributed by atoms with Crippen LogP contribution >= 0.6 is 0 Å². The zero-order valence-corrected chi connectivity index (χ0v) is 21.5. The van der Waals surface area contributed by atoms with Gasteiger partial charge in [-0.05, 0) is 118 Å². The van der Waals surface area contributed by atoms with Crippen molar-refractivity contribution in [2.45, 2.75) is 117 Å². The summed E-state index contributed by atoms with van der Waals surface area (Å²) in [4.78, 5) is 18.5. The Balaban J connectivity index is 1.25. The van der Waals surface area contributed by atoms with Crippen molar-refractivity contribution in [2.75, 3.05) is 6.61 Å². The molecule has 0 spiro atoms. The molecule has 0 bridgehead atoms. The summed E-state index contributed by atoms with van der Waals surface area (Å²) in [5.74, 6) is 3.96. The highest BCUT2D eigenvalue weighted by atomic mass is 16.7. The topological polar surface area (TPSA) is 49.8 Å². The van der Waals surface area contributed by atoms with E-state index in [0.717, 1.165) is 55.8 Å². The number of hydrogen-bond donors (Lipinski definition) is 1. The first-order valence-electron chi connectivity index (χ1n) is 14.1. The van der Waals surface area contributed by atoms with Crippen LogP contribution in [0.1, 0.15) is 105 Å². The SMILES string of the molecule is CC(CCC(=O)N1OCCCC1C)[C@H]1CC[C@H]2[C@@H]3CC=C4C[C@@H](O)CC[C@]4(C)[C@H]3CC[C@]12C. The summed E-state index contributed by atoms with van der Waals surface area (Å²) in [6, 6.07) is 0.219. The van der Waals surface area contributed by atoms with Crippen molar-refractivity contribution in [3.8, 4) is 0 Å². The molecule has 186 valence electrons. The molecule has 33 heavy (non-hydrogen) atoms. The van der Waals surface area contributed by atoms with Gasteiger partial charge in [-0.3, -0.25) is 9.63 Å². The van der Waals surface area contributed by atoms with E-state index in [4.69, 9.17) is 4.84 Å². The van der Waals surface area contributed by atoms with Crippen LogP contribution in [0.2, 0.25) is 0 Å². The molecule has 0 aromatic heterocycles. The lowest BCUT2D eigenvalue weighted by atomic mass is 9.47. The molecular formula is C29H47NO3. The van der Waals surface area contributed by atoms with Crippen molar-refractivity contribution < 1.29 is 14.7 Å². The van der Waals surface area contributed by atoms with Gasteiger partial charge in [0, 0.05) is 6.42 Å². The van der Waals surface area contributed by atoms with Crippen molar-refractivity contribution in [1.29, 1.82) is 0 Å². The second-order valence-corrected chi connectivity index (χ2v) is 12.9. The number of carbonyl (C=O) groups excluding carboxylic acids is 1. The number of nitrogens with zero attached hydrogens (tertiary/aromatic N) is 1. The molecule has 4 fully saturated rings. The molecule has 1 aliphatic heterocycles. The van der Waals surface area contributed by atoms with Crippen LogP contribution in [-0.2, 0) is 9.63 Å². The van der Waals surface area contributed by atoms with Crippen molar-refractivity contribution >= 4 is 5.91 Å². The molecule has 0 aromatic carbocycles. The Kier molecular flexibility index (Phi) is 6.48. The van der Waals surface area contributed by atoms with Gasteiger partial charge in [0.2, 0.25) is 5.91 Å². The van der Waals surface area contributed by atoms with Gasteiger partial charge in [-0.1, -0.05) is 32.4 Å². The average Bonchev–Trinajstić information content (AvgIpc) is 3.15. The lowest BCUT2D eigenvalue weighted by Crippen LogP contribution is -2.50. The average molecular weight is 458 g/mol. The lowest BCUT2D eigenvalue weighted by Gasteiger charge is -2.58. The maximum atomic E-state index is 12.8. The number of hydrogen-bond acceptors (Lipinski definition) is 3. The van der Waals surface area contributed by atoms with E-state index in [-0.39, 0.29) is 18.1 Å². The van der Waals surface area contributed by atoms with Gasteiger partial charge in [-0.25, -0.2) is 5.06 Å². The van der Waals surface area contributed by atoms with Crippen LogP contribution in [0.5, 0.6) is 0 Å². The summed E-state index contributed by atoms with van der Waals surface area (Å²) in [5, 5.41) is 11.9. The molecule has 1 heterocycles. The Bertz CT molecular complexity index is 779. The number of aliphatic hydroxyl groups excluding tert-OH is 1. The largest absolute Gasteiger partial charge is 0.393 e. The third-order valence-corrected chi connectivity index (χ3v) is 11.3. The molecule has 1 saturated heterocycles. The highest BCUT2D eigenvalue weighted by molar-refractivity contribution is 5.75. The van der Waals surface area contributed by atoms with E-state index in [0.29, 0.717) is 29.8 Å². The van der Waals surface area contributed by atoms with Crippen molar-refractivity contribution in [1.82, 2.24) is 5.06 Å². The minimum atomic E-state index is -0.118. The van der Waals surface area contributed by atoms with Crippen LogP contribution < -0.4 is 0 Å². The third kappa shape index (κ3) is 4.01. The van der Waals surface area contributed by atoms with Crippen LogP contribution in [-0.4, -0.2) is 34.8 Å². The Labute approximate surface area is 201 Å². The van der Waals surface area contributed by atoms with Gasteiger partial charge < -0.3 is 5.11 Å². The molecule has 9 atom stereocenters. The first-order chi connectivity index (χ1) is 15.7. The Morgan fingerprint density at radius 1 is 1.18 bits per heavy atom. The van der Waals surface area contributed by atoms with E-state index in [1.807, 2.05) is 0 Å². The maximum Gasteiger partial charge on any atom is 0.246 e. The fraction of sp³-hybridized carbons (Fsp3) is 0.897. The zero-order valence-electron chi connectivity index (χ0n) is 21.5. The van der Waals surface area contributed by atoms with E-state index in [9.17, 15) is 9.90 Å². The molecular weight excluding hydrogens is 410 g/mol. The third-order valence-electron chi connectivity index (χ3n) is 11.3. The van der Waals surface area contributed by atoms with Gasteiger partial charge in [0.05, 0.1) is 18.8 Å². The standard InChI is InChI=1S/C29H47NO3/c1-19(7-12-27(32)30-20(2)6-5-17-33-30)24-10-11-25-23-9-8-21-18-22(31)13-15-28(21,3)26(23)14-16-29(24,25)4/h8,19-20,22-26,31H,5-7,9-18H2,1-4H3/t19?,20?,22-,23-,24+,25-,26-,28-,29+/m0/s1. The van der Waals surface area contributed by atoms with Gasteiger partial charge in [-0.2, -0.15) is 0 Å². The summed E-state index contributed by atoms with van der Waals surface area (Å²) in [6.45, 7) is 10.3. The molecule has 4 aliphatic carbocycles.